The van der Waals surface area contributed by atoms with Crippen molar-refractivity contribution >= 4 is 17.4 Å². The molecule has 28 heavy (non-hydrogen) atoms. The summed E-state index contributed by atoms with van der Waals surface area (Å²) in [5.41, 5.74) is 2.07. The Labute approximate surface area is 160 Å². The van der Waals surface area contributed by atoms with Gasteiger partial charge in [0.05, 0.1) is 12.3 Å². The number of nitrogens with one attached hydrogen (secondary N) is 1. The lowest BCUT2D eigenvalue weighted by molar-refractivity contribution is -0.129. The van der Waals surface area contributed by atoms with Crippen LogP contribution in [0.5, 0.6) is 0 Å². The summed E-state index contributed by atoms with van der Waals surface area (Å²) < 4.78 is 15.2. The van der Waals surface area contributed by atoms with Crippen molar-refractivity contribution in [2.24, 2.45) is 0 Å². The van der Waals surface area contributed by atoms with E-state index in [1.807, 2.05) is 13.0 Å². The lowest BCUT2D eigenvalue weighted by Crippen LogP contribution is -2.31. The van der Waals surface area contributed by atoms with Crippen LogP contribution in [0.1, 0.15) is 18.4 Å². The molecule has 1 fully saturated rings. The molecule has 8 nitrogen and oxygen atoms in total. The number of anilines is 1. The maximum atomic E-state index is 13.6. The molecule has 9 heteroatoms. The first-order valence-corrected chi connectivity index (χ1v) is 8.93. The second kappa shape index (κ2) is 7.23. The molecule has 0 radical (unpaired) electrons. The minimum absolute atomic E-state index is 0.0451. The van der Waals surface area contributed by atoms with Gasteiger partial charge >= 0.3 is 0 Å². The highest BCUT2D eigenvalue weighted by Gasteiger charge is 2.26. The van der Waals surface area contributed by atoms with Crippen LogP contribution in [-0.4, -0.2) is 49.3 Å². The van der Waals surface area contributed by atoms with Crippen LogP contribution in [0.4, 0.5) is 10.2 Å². The molecule has 3 aromatic rings. The van der Waals surface area contributed by atoms with Crippen molar-refractivity contribution in [2.75, 3.05) is 18.4 Å². The Morgan fingerprint density at radius 3 is 3.07 bits per heavy atom. The first-order chi connectivity index (χ1) is 13.5. The number of aromatic nitrogens is 4. The first-order valence-electron chi connectivity index (χ1n) is 8.93. The van der Waals surface area contributed by atoms with Crippen LogP contribution in [0, 0.1) is 24.1 Å². The minimum atomic E-state index is -0.370. The molecule has 1 aliphatic heterocycles. The highest BCUT2D eigenvalue weighted by atomic mass is 19.1. The average Bonchev–Trinajstić information content (AvgIpc) is 3.30. The summed E-state index contributed by atoms with van der Waals surface area (Å²) >= 11 is 0. The largest absolute Gasteiger partial charge is 0.365 e. The first kappa shape index (κ1) is 17.9. The van der Waals surface area contributed by atoms with Crippen LogP contribution < -0.4 is 5.32 Å². The third-order valence-corrected chi connectivity index (χ3v) is 4.78. The van der Waals surface area contributed by atoms with E-state index in [2.05, 4.69) is 20.3 Å². The van der Waals surface area contributed by atoms with E-state index in [1.54, 1.807) is 27.8 Å². The maximum Gasteiger partial charge on any atom is 0.236 e. The number of halogens is 1. The van der Waals surface area contributed by atoms with Crippen molar-refractivity contribution in [3.8, 4) is 17.6 Å². The fourth-order valence-corrected chi connectivity index (χ4v) is 3.31. The third-order valence-electron chi connectivity index (χ3n) is 4.78. The molecule has 1 atom stereocenters. The van der Waals surface area contributed by atoms with Crippen molar-refractivity contribution < 1.29 is 9.18 Å². The van der Waals surface area contributed by atoms with Crippen LogP contribution in [0.2, 0.25) is 0 Å². The summed E-state index contributed by atoms with van der Waals surface area (Å²) in [6, 6.07) is 4.89. The van der Waals surface area contributed by atoms with Crippen LogP contribution in [0.15, 0.2) is 30.7 Å². The second-order valence-electron chi connectivity index (χ2n) is 6.75. The minimum Gasteiger partial charge on any atom is -0.365 e. The predicted molar refractivity (Wildman–Crippen MR) is 99.8 cm³/mol. The normalized spacial score (nSPS) is 16.3. The third kappa shape index (κ3) is 3.36. The molecule has 0 saturated carbocycles. The quantitative estimate of drug-likeness (QED) is 0.746. The van der Waals surface area contributed by atoms with Gasteiger partial charge in [-0.25, -0.2) is 19.3 Å². The Kier molecular flexibility index (Phi) is 4.61. The van der Waals surface area contributed by atoms with Crippen molar-refractivity contribution in [3.05, 3.63) is 42.1 Å². The summed E-state index contributed by atoms with van der Waals surface area (Å²) in [5.74, 6) is 0.572. The van der Waals surface area contributed by atoms with Gasteiger partial charge in [0.25, 0.3) is 0 Å². The molecule has 1 aliphatic rings. The zero-order valence-corrected chi connectivity index (χ0v) is 15.3. The predicted octanol–water partition coefficient (Wildman–Crippen LogP) is 2.17. The van der Waals surface area contributed by atoms with Gasteiger partial charge in [-0.3, -0.25) is 9.20 Å². The number of carbonyl (C=O) groups is 1. The summed E-state index contributed by atoms with van der Waals surface area (Å²) in [4.78, 5) is 26.8. The second-order valence-corrected chi connectivity index (χ2v) is 6.75. The molecule has 0 bridgehead atoms. The smallest absolute Gasteiger partial charge is 0.236 e. The Balaban J connectivity index is 1.57. The van der Waals surface area contributed by atoms with E-state index < -0.39 is 0 Å². The number of imidazole rings is 1. The lowest BCUT2D eigenvalue weighted by Gasteiger charge is -2.17. The van der Waals surface area contributed by atoms with Gasteiger partial charge in [0.1, 0.15) is 29.4 Å². The van der Waals surface area contributed by atoms with Gasteiger partial charge in [0.2, 0.25) is 5.91 Å². The number of aryl methyl sites for hydroxylation is 1. The van der Waals surface area contributed by atoms with Gasteiger partial charge in [0, 0.05) is 37.1 Å². The molecular formula is C19H18FN7O. The van der Waals surface area contributed by atoms with E-state index in [9.17, 15) is 9.18 Å². The molecular weight excluding hydrogens is 361 g/mol. The van der Waals surface area contributed by atoms with Gasteiger partial charge in [0.15, 0.2) is 5.82 Å². The van der Waals surface area contributed by atoms with Crippen LogP contribution in [0.25, 0.3) is 17.2 Å². The van der Waals surface area contributed by atoms with Crippen LogP contribution in [-0.2, 0) is 4.79 Å². The van der Waals surface area contributed by atoms with E-state index in [-0.39, 0.29) is 24.2 Å². The van der Waals surface area contributed by atoms with Gasteiger partial charge < -0.3 is 10.2 Å². The number of hydrogen-bond acceptors (Lipinski definition) is 6. The molecule has 3 aromatic heterocycles. The highest BCUT2D eigenvalue weighted by Crippen LogP contribution is 2.23. The zero-order valence-electron chi connectivity index (χ0n) is 15.3. The number of fused-ring (bicyclic) bond motifs is 1. The maximum absolute atomic E-state index is 13.6. The monoisotopic (exact) mass is 379 g/mol. The Hall–Kier alpha value is -3.54. The van der Waals surface area contributed by atoms with Crippen molar-refractivity contribution in [3.63, 3.8) is 0 Å². The van der Waals surface area contributed by atoms with Crippen LogP contribution in [0.3, 0.4) is 0 Å². The van der Waals surface area contributed by atoms with E-state index >= 15 is 0 Å². The average molecular weight is 379 g/mol. The molecule has 1 amide bonds. The molecule has 4 heterocycles. The molecule has 0 aromatic carbocycles. The summed E-state index contributed by atoms with van der Waals surface area (Å²) in [5, 5.41) is 12.1. The SMILES string of the molecule is Cc1cnc(-c2cnc3ccc(F)cn23)nc1N[C@@H]1CCN(C(=O)CC#N)C1. The molecule has 0 spiro atoms. The summed E-state index contributed by atoms with van der Waals surface area (Å²) in [6.07, 6.45) is 5.34. The fourth-order valence-electron chi connectivity index (χ4n) is 3.31. The Morgan fingerprint density at radius 2 is 2.25 bits per heavy atom. The van der Waals surface area contributed by atoms with Gasteiger partial charge in [-0.15, -0.1) is 0 Å². The number of nitrogens with zero attached hydrogens (tertiary/aromatic N) is 6. The van der Waals surface area contributed by atoms with Crippen molar-refractivity contribution in [1.29, 1.82) is 5.26 Å². The number of amides is 1. The fraction of sp³-hybridized carbons (Fsp3) is 0.316. The Morgan fingerprint density at radius 1 is 1.39 bits per heavy atom. The highest BCUT2D eigenvalue weighted by molar-refractivity contribution is 5.78. The van der Waals surface area contributed by atoms with Gasteiger partial charge in [-0.2, -0.15) is 5.26 Å². The standard InChI is InChI=1S/C19H18FN7O/c1-12-8-23-19(15-9-22-16-3-2-13(20)10-27(15)16)25-18(12)24-14-5-7-26(11-14)17(28)4-6-21/h2-3,8-10,14H,4-5,7,11H2,1H3,(H,23,24,25)/t14-/m1/s1. The zero-order chi connectivity index (χ0) is 19.7. The summed E-state index contributed by atoms with van der Waals surface area (Å²) in [7, 11) is 0. The van der Waals surface area contributed by atoms with E-state index in [4.69, 9.17) is 5.26 Å². The van der Waals surface area contributed by atoms with Gasteiger partial charge in [-0.1, -0.05) is 0 Å². The number of hydrogen-bond donors (Lipinski definition) is 1. The summed E-state index contributed by atoms with van der Waals surface area (Å²) in [6.45, 7) is 3.04. The molecule has 0 unspecified atom stereocenters. The molecule has 1 N–H and O–H groups in total. The van der Waals surface area contributed by atoms with E-state index in [0.29, 0.717) is 36.1 Å². The van der Waals surface area contributed by atoms with Gasteiger partial charge in [-0.05, 0) is 25.5 Å². The number of nitriles is 1. The number of rotatable bonds is 4. The van der Waals surface area contributed by atoms with Crippen molar-refractivity contribution in [2.45, 2.75) is 25.8 Å². The van der Waals surface area contributed by atoms with E-state index in [1.165, 1.54) is 12.3 Å². The topological polar surface area (TPSA) is 99.2 Å². The number of likely N-dealkylation sites (tertiary alicyclic amines) is 1. The van der Waals surface area contributed by atoms with E-state index in [0.717, 1.165) is 12.0 Å². The lowest BCUT2D eigenvalue weighted by atomic mass is 10.2. The Bertz CT molecular complexity index is 1090. The number of pyridine rings is 1. The number of carbonyl (C=O) groups excluding carboxylic acids is 1. The molecule has 4 rings (SSSR count). The molecule has 142 valence electrons. The molecule has 1 saturated heterocycles. The van der Waals surface area contributed by atoms with Crippen molar-refractivity contribution in [1.82, 2.24) is 24.3 Å². The van der Waals surface area contributed by atoms with Crippen LogP contribution >= 0.6 is 0 Å². The molecule has 0 aliphatic carbocycles.